The summed E-state index contributed by atoms with van der Waals surface area (Å²) in [6.45, 7) is 6.01. The summed E-state index contributed by atoms with van der Waals surface area (Å²) in [5.41, 5.74) is 2.58. The number of amides is 1. The molecule has 0 aliphatic heterocycles. The molecule has 2 heterocycles. The van der Waals surface area contributed by atoms with Gasteiger partial charge in [0.25, 0.3) is 11.5 Å². The van der Waals surface area contributed by atoms with Crippen molar-refractivity contribution in [1.82, 2.24) is 14.7 Å². The van der Waals surface area contributed by atoms with Gasteiger partial charge in [-0.05, 0) is 25.8 Å². The maximum atomic E-state index is 12.9. The zero-order valence-electron chi connectivity index (χ0n) is 14.6. The first kappa shape index (κ1) is 17.4. The molecule has 1 amide bonds. The molecule has 0 fully saturated rings. The largest absolute Gasteiger partial charge is 0.349 e. The third-order valence-electron chi connectivity index (χ3n) is 4.14. The number of rotatable bonds is 5. The van der Waals surface area contributed by atoms with Gasteiger partial charge in [0.15, 0.2) is 4.96 Å². The number of thiazole rings is 1. The highest BCUT2D eigenvalue weighted by Crippen LogP contribution is 2.24. The third-order valence-corrected chi connectivity index (χ3v) is 4.98. The molecule has 5 nitrogen and oxygen atoms in total. The van der Waals surface area contributed by atoms with Crippen LogP contribution in [0.1, 0.15) is 42.6 Å². The summed E-state index contributed by atoms with van der Waals surface area (Å²) in [6, 6.07) is 7.97. The molecular weight excluding hydrogens is 334 g/mol. The minimum Gasteiger partial charge on any atom is -0.349 e. The summed E-state index contributed by atoms with van der Waals surface area (Å²) in [5.74, 6) is -0.367. The van der Waals surface area contributed by atoms with Crippen molar-refractivity contribution in [1.29, 1.82) is 0 Å². The Kier molecular flexibility index (Phi) is 4.99. The second-order valence-corrected chi connectivity index (χ2v) is 7.08. The Morgan fingerprint density at radius 3 is 2.72 bits per heavy atom. The highest BCUT2D eigenvalue weighted by Gasteiger charge is 2.18. The van der Waals surface area contributed by atoms with Gasteiger partial charge in [-0.2, -0.15) is 0 Å². The van der Waals surface area contributed by atoms with Gasteiger partial charge in [0, 0.05) is 17.6 Å². The summed E-state index contributed by atoms with van der Waals surface area (Å²) in [6.07, 6.45) is 3.22. The smallest absolute Gasteiger partial charge is 0.271 e. The normalized spacial score (nSPS) is 12.3. The molecule has 0 saturated carbocycles. The predicted molar refractivity (Wildman–Crippen MR) is 101 cm³/mol. The zero-order chi connectivity index (χ0) is 18.0. The summed E-state index contributed by atoms with van der Waals surface area (Å²) in [4.78, 5) is 30.2. The van der Waals surface area contributed by atoms with Gasteiger partial charge in [-0.1, -0.05) is 43.2 Å². The van der Waals surface area contributed by atoms with E-state index < -0.39 is 0 Å². The van der Waals surface area contributed by atoms with Gasteiger partial charge in [0.2, 0.25) is 0 Å². The number of aromatic nitrogens is 2. The van der Waals surface area contributed by atoms with E-state index in [0.29, 0.717) is 4.96 Å². The summed E-state index contributed by atoms with van der Waals surface area (Å²) >= 11 is 1.39. The van der Waals surface area contributed by atoms with Crippen LogP contribution in [0.25, 0.3) is 16.2 Å². The Balaban J connectivity index is 2.04. The average molecular weight is 355 g/mol. The van der Waals surface area contributed by atoms with Crippen molar-refractivity contribution in [2.75, 3.05) is 0 Å². The minimum atomic E-state index is -0.367. The molecule has 1 N–H and O–H groups in total. The third kappa shape index (κ3) is 3.49. The van der Waals surface area contributed by atoms with E-state index in [4.69, 9.17) is 0 Å². The first-order valence-electron chi connectivity index (χ1n) is 8.38. The number of nitrogens with one attached hydrogen (secondary N) is 1. The number of aryl methyl sites for hydroxylation is 1. The number of hydrogen-bond acceptors (Lipinski definition) is 4. The fraction of sp³-hybridized carbons (Fsp3) is 0.316. The number of hydrogen-bond donors (Lipinski definition) is 1. The number of fused-ring (bicyclic) bond motifs is 1. The molecule has 2 aromatic heterocycles. The molecular formula is C19H21N3O2S. The van der Waals surface area contributed by atoms with Crippen LogP contribution in [0.5, 0.6) is 0 Å². The molecule has 0 bridgehead atoms. The lowest BCUT2D eigenvalue weighted by Crippen LogP contribution is -2.36. The average Bonchev–Trinajstić information content (AvgIpc) is 3.01. The lowest BCUT2D eigenvalue weighted by molar-refractivity contribution is 0.0936. The molecule has 0 aliphatic carbocycles. The van der Waals surface area contributed by atoms with Crippen LogP contribution in [-0.2, 0) is 0 Å². The van der Waals surface area contributed by atoms with Gasteiger partial charge in [0.05, 0.1) is 5.69 Å². The van der Waals surface area contributed by atoms with Crippen molar-refractivity contribution in [3.63, 3.8) is 0 Å². The van der Waals surface area contributed by atoms with E-state index >= 15 is 0 Å². The van der Waals surface area contributed by atoms with Crippen molar-refractivity contribution < 1.29 is 4.79 Å². The molecule has 0 unspecified atom stereocenters. The van der Waals surface area contributed by atoms with E-state index in [-0.39, 0.29) is 23.1 Å². The highest BCUT2D eigenvalue weighted by molar-refractivity contribution is 7.15. The SMILES string of the molecule is CCC[C@@H](C)NC(=O)c1cnc2scc(-c3ccc(C)cc3)n2c1=O. The van der Waals surface area contributed by atoms with Gasteiger partial charge in [-0.3, -0.25) is 14.0 Å². The van der Waals surface area contributed by atoms with Crippen LogP contribution in [0, 0.1) is 6.92 Å². The number of benzene rings is 1. The summed E-state index contributed by atoms with van der Waals surface area (Å²) in [7, 11) is 0. The molecule has 3 rings (SSSR count). The Hall–Kier alpha value is -2.47. The van der Waals surface area contributed by atoms with Crippen LogP contribution in [0.2, 0.25) is 0 Å². The summed E-state index contributed by atoms with van der Waals surface area (Å²) in [5, 5.41) is 4.77. The van der Waals surface area contributed by atoms with E-state index in [1.807, 2.05) is 43.5 Å². The van der Waals surface area contributed by atoms with Crippen LogP contribution >= 0.6 is 11.3 Å². The van der Waals surface area contributed by atoms with Crippen LogP contribution < -0.4 is 10.9 Å². The molecule has 6 heteroatoms. The molecule has 130 valence electrons. The molecule has 25 heavy (non-hydrogen) atoms. The van der Waals surface area contributed by atoms with E-state index in [2.05, 4.69) is 17.2 Å². The quantitative estimate of drug-likeness (QED) is 0.760. The van der Waals surface area contributed by atoms with Crippen molar-refractivity contribution in [2.45, 2.75) is 39.7 Å². The highest BCUT2D eigenvalue weighted by atomic mass is 32.1. The van der Waals surface area contributed by atoms with E-state index in [0.717, 1.165) is 29.7 Å². The van der Waals surface area contributed by atoms with Gasteiger partial charge in [0.1, 0.15) is 5.56 Å². The minimum absolute atomic E-state index is 0.0247. The molecule has 1 aromatic carbocycles. The Bertz CT molecular complexity index is 957. The lowest BCUT2D eigenvalue weighted by Gasteiger charge is -2.12. The first-order valence-corrected chi connectivity index (χ1v) is 9.26. The fourth-order valence-corrected chi connectivity index (χ4v) is 3.64. The molecule has 0 radical (unpaired) electrons. The maximum Gasteiger partial charge on any atom is 0.271 e. The number of carbonyl (C=O) groups is 1. The van der Waals surface area contributed by atoms with E-state index in [1.165, 1.54) is 21.9 Å². The van der Waals surface area contributed by atoms with E-state index in [9.17, 15) is 9.59 Å². The Morgan fingerprint density at radius 1 is 1.32 bits per heavy atom. The maximum absolute atomic E-state index is 12.9. The molecule has 1 atom stereocenters. The van der Waals surface area contributed by atoms with Crippen LogP contribution in [0.4, 0.5) is 0 Å². The second-order valence-electron chi connectivity index (χ2n) is 6.25. The van der Waals surface area contributed by atoms with Gasteiger partial charge < -0.3 is 5.32 Å². The van der Waals surface area contributed by atoms with Crippen molar-refractivity contribution >= 4 is 22.2 Å². The molecule has 0 saturated heterocycles. The van der Waals surface area contributed by atoms with Gasteiger partial charge >= 0.3 is 0 Å². The standard InChI is InChI=1S/C19H21N3O2S/c1-4-5-13(3)21-17(23)15-10-20-19-22(18(15)24)16(11-25-19)14-8-6-12(2)7-9-14/h6-11,13H,4-5H2,1-3H3,(H,21,23)/t13-/m1/s1. The molecule has 0 aliphatic rings. The van der Waals surface area contributed by atoms with E-state index in [1.54, 1.807) is 0 Å². The molecule has 3 aromatic rings. The number of nitrogens with zero attached hydrogens (tertiary/aromatic N) is 2. The van der Waals surface area contributed by atoms with Crippen LogP contribution in [0.3, 0.4) is 0 Å². The Labute approximate surface area is 150 Å². The van der Waals surface area contributed by atoms with Crippen molar-refractivity contribution in [2.24, 2.45) is 0 Å². The van der Waals surface area contributed by atoms with Crippen molar-refractivity contribution in [3.8, 4) is 11.3 Å². The Morgan fingerprint density at radius 2 is 2.04 bits per heavy atom. The second kappa shape index (κ2) is 7.19. The molecule has 0 spiro atoms. The van der Waals surface area contributed by atoms with Gasteiger partial charge in [-0.25, -0.2) is 4.98 Å². The lowest BCUT2D eigenvalue weighted by atomic mass is 10.1. The zero-order valence-corrected chi connectivity index (χ0v) is 15.4. The topological polar surface area (TPSA) is 63.5 Å². The summed E-state index contributed by atoms with van der Waals surface area (Å²) < 4.78 is 1.52. The monoisotopic (exact) mass is 355 g/mol. The number of carbonyl (C=O) groups excluding carboxylic acids is 1. The van der Waals surface area contributed by atoms with Crippen molar-refractivity contribution in [3.05, 3.63) is 57.3 Å². The van der Waals surface area contributed by atoms with Gasteiger partial charge in [-0.15, -0.1) is 11.3 Å². The van der Waals surface area contributed by atoms with Crippen LogP contribution in [-0.4, -0.2) is 21.3 Å². The first-order chi connectivity index (χ1) is 12.0. The predicted octanol–water partition coefficient (Wildman–Crippen LogP) is 3.65. The fourth-order valence-electron chi connectivity index (χ4n) is 2.78. The van der Waals surface area contributed by atoms with Crippen LogP contribution in [0.15, 0.2) is 40.6 Å².